The lowest BCUT2D eigenvalue weighted by molar-refractivity contribution is 0.0366. The Morgan fingerprint density at radius 1 is 0.879 bits per heavy atom. The van der Waals surface area contributed by atoms with Crippen LogP contribution >= 0.6 is 7.82 Å². The van der Waals surface area contributed by atoms with E-state index in [-0.39, 0.29) is 6.15 Å². The second kappa shape index (κ2) is 20.6. The zero-order chi connectivity index (χ0) is 23.5. The predicted molar refractivity (Wildman–Crippen MR) is 137 cm³/mol. The number of morpholine rings is 1. The van der Waals surface area contributed by atoms with Crippen molar-refractivity contribution in [2.45, 2.75) is 84.0 Å². The van der Waals surface area contributed by atoms with Gasteiger partial charge in [-0.15, -0.1) is 0 Å². The monoisotopic (exact) mass is 488 g/mol. The fraction of sp³-hybridized carbons (Fsp3) is 0.760. The van der Waals surface area contributed by atoms with Crippen LogP contribution in [0.2, 0.25) is 0 Å². The van der Waals surface area contributed by atoms with Crippen molar-refractivity contribution in [2.24, 2.45) is 5.92 Å². The molecular weight excluding hydrogens is 439 g/mol. The Morgan fingerprint density at radius 3 is 1.97 bits per heavy atom. The van der Waals surface area contributed by atoms with Crippen LogP contribution in [-0.4, -0.2) is 52.4 Å². The lowest BCUT2D eigenvalue weighted by atomic mass is 9.89. The molecule has 1 aliphatic rings. The van der Waals surface area contributed by atoms with E-state index in [1.807, 2.05) is 0 Å². The molecule has 0 bridgehead atoms. The first kappa shape index (κ1) is 32.2. The maximum Gasteiger partial charge on any atom is 0.466 e. The van der Waals surface area contributed by atoms with Crippen LogP contribution < -0.4 is 6.15 Å². The van der Waals surface area contributed by atoms with Crippen molar-refractivity contribution in [1.82, 2.24) is 11.1 Å². The van der Waals surface area contributed by atoms with Crippen LogP contribution in [0.4, 0.5) is 0 Å². The molecule has 1 heterocycles. The molecule has 1 atom stereocenters. The largest absolute Gasteiger partial charge is 0.466 e. The van der Waals surface area contributed by atoms with Crippen molar-refractivity contribution in [1.29, 1.82) is 0 Å². The molecular formula is C25H49N2O5P. The van der Waals surface area contributed by atoms with Gasteiger partial charge in [-0.3, -0.25) is 4.90 Å². The summed E-state index contributed by atoms with van der Waals surface area (Å²) in [7, 11) is -4.64. The zero-order valence-corrected chi connectivity index (χ0v) is 21.6. The smallest absolute Gasteiger partial charge is 0.379 e. The molecule has 1 fully saturated rings. The summed E-state index contributed by atoms with van der Waals surface area (Å²) in [6.07, 6.45) is 16.8. The summed E-state index contributed by atoms with van der Waals surface area (Å²) in [5.74, 6) is 0.855. The molecule has 1 aromatic rings. The van der Waals surface area contributed by atoms with Gasteiger partial charge < -0.3 is 25.6 Å². The van der Waals surface area contributed by atoms with E-state index in [2.05, 4.69) is 42.2 Å². The molecule has 0 saturated carbocycles. The second-order valence-corrected chi connectivity index (χ2v) is 9.96. The molecule has 33 heavy (non-hydrogen) atoms. The first-order chi connectivity index (χ1) is 15.4. The van der Waals surface area contributed by atoms with E-state index in [4.69, 9.17) is 24.0 Å². The Kier molecular flexibility index (Phi) is 20.1. The number of ether oxygens (including phenoxy) is 1. The van der Waals surface area contributed by atoms with E-state index in [1.165, 1.54) is 89.2 Å². The minimum absolute atomic E-state index is 0. The predicted octanol–water partition coefficient (Wildman–Crippen LogP) is 5.72. The van der Waals surface area contributed by atoms with Crippen LogP contribution in [0.25, 0.3) is 0 Å². The van der Waals surface area contributed by atoms with E-state index in [1.54, 1.807) is 0 Å². The molecule has 8 heteroatoms. The van der Waals surface area contributed by atoms with Gasteiger partial charge in [0.25, 0.3) is 0 Å². The van der Waals surface area contributed by atoms with Crippen molar-refractivity contribution in [3.05, 3.63) is 35.9 Å². The van der Waals surface area contributed by atoms with Crippen molar-refractivity contribution in [3.8, 4) is 0 Å². The number of hydrogen-bond acceptors (Lipinski definition) is 4. The minimum Gasteiger partial charge on any atom is -0.379 e. The van der Waals surface area contributed by atoms with Crippen LogP contribution in [0.3, 0.4) is 0 Å². The topological polar surface area (TPSA) is 125 Å². The molecule has 0 spiro atoms. The van der Waals surface area contributed by atoms with Crippen molar-refractivity contribution in [2.75, 3.05) is 32.8 Å². The van der Waals surface area contributed by atoms with Gasteiger partial charge in [-0.05, 0) is 37.3 Å². The molecule has 194 valence electrons. The number of hydrogen-bond donors (Lipinski definition) is 4. The fourth-order valence-corrected chi connectivity index (χ4v) is 4.29. The third-order valence-corrected chi connectivity index (χ3v) is 6.02. The molecule has 0 amide bonds. The van der Waals surface area contributed by atoms with Crippen LogP contribution in [-0.2, 0) is 15.7 Å². The number of rotatable bonds is 15. The molecule has 0 aromatic heterocycles. The van der Waals surface area contributed by atoms with E-state index < -0.39 is 7.82 Å². The van der Waals surface area contributed by atoms with E-state index in [9.17, 15) is 0 Å². The highest BCUT2D eigenvalue weighted by molar-refractivity contribution is 7.45. The minimum atomic E-state index is -4.64. The first-order valence-corrected chi connectivity index (χ1v) is 14.1. The van der Waals surface area contributed by atoms with Crippen LogP contribution in [0, 0.1) is 5.92 Å². The average Bonchev–Trinajstić information content (AvgIpc) is 2.76. The normalized spacial score (nSPS) is 15.3. The zero-order valence-electron chi connectivity index (χ0n) is 20.7. The highest BCUT2D eigenvalue weighted by Gasteiger charge is 2.13. The quantitative estimate of drug-likeness (QED) is 0.184. The maximum atomic E-state index is 8.88. The summed E-state index contributed by atoms with van der Waals surface area (Å²) in [5, 5.41) is 0. The van der Waals surface area contributed by atoms with Crippen LogP contribution in [0.1, 0.15) is 83.1 Å². The Hall–Kier alpha value is -0.790. The molecule has 2 rings (SSSR count). The first-order valence-electron chi connectivity index (χ1n) is 12.5. The van der Waals surface area contributed by atoms with Gasteiger partial charge in [0.2, 0.25) is 0 Å². The van der Waals surface area contributed by atoms with Crippen LogP contribution in [0.5, 0.6) is 0 Å². The Bertz CT molecular complexity index is 585. The van der Waals surface area contributed by atoms with Gasteiger partial charge in [0.1, 0.15) is 0 Å². The molecule has 0 aliphatic carbocycles. The van der Waals surface area contributed by atoms with Gasteiger partial charge in [0.05, 0.1) is 13.2 Å². The molecule has 0 radical (unpaired) electrons. The number of phosphoric acid groups is 1. The van der Waals surface area contributed by atoms with Gasteiger partial charge in [0, 0.05) is 13.1 Å². The summed E-state index contributed by atoms with van der Waals surface area (Å²) in [5.41, 5.74) is 1.52. The third kappa shape index (κ3) is 21.5. The van der Waals surface area contributed by atoms with Crippen molar-refractivity contribution >= 4 is 7.82 Å². The lowest BCUT2D eigenvalue weighted by Crippen LogP contribution is -2.36. The summed E-state index contributed by atoms with van der Waals surface area (Å²) >= 11 is 0. The van der Waals surface area contributed by atoms with E-state index >= 15 is 0 Å². The molecule has 1 unspecified atom stereocenters. The maximum absolute atomic E-state index is 8.88. The highest BCUT2D eigenvalue weighted by atomic mass is 31.2. The number of benzene rings is 1. The summed E-state index contributed by atoms with van der Waals surface area (Å²) in [4.78, 5) is 24.1. The lowest BCUT2D eigenvalue weighted by Gasteiger charge is -2.27. The molecule has 1 aromatic carbocycles. The van der Waals surface area contributed by atoms with Gasteiger partial charge in [-0.2, -0.15) is 0 Å². The van der Waals surface area contributed by atoms with Crippen LogP contribution in [0.15, 0.2) is 30.3 Å². The Balaban J connectivity index is 0.00000154. The van der Waals surface area contributed by atoms with Crippen molar-refractivity contribution < 1.29 is 24.0 Å². The molecule has 7 nitrogen and oxygen atoms in total. The standard InChI is InChI=1S/C25H43NO.H3N.H3O4P/c1-2-3-4-5-6-7-8-10-14-25(23-24-15-11-9-12-16-24)17-13-18-26-19-21-27-22-20-26;;1-5(2,3)4/h9,11-12,15-16,25H,2-8,10,13-14,17-23H2,1H3;1H3;(H3,1,2,3,4). The third-order valence-electron chi connectivity index (χ3n) is 6.02. The fourth-order valence-electron chi connectivity index (χ4n) is 4.29. The van der Waals surface area contributed by atoms with Gasteiger partial charge in [-0.25, -0.2) is 4.57 Å². The Labute approximate surface area is 201 Å². The molecule has 1 aliphatic heterocycles. The SMILES string of the molecule is CCCCCCCCCCC(CCCN1CCOCC1)Cc1ccccc1.N.O=P(O)(O)O. The number of unbranched alkanes of at least 4 members (excludes halogenated alkanes) is 7. The summed E-state index contributed by atoms with van der Waals surface area (Å²) < 4.78 is 14.4. The van der Waals surface area contributed by atoms with Gasteiger partial charge in [0.15, 0.2) is 0 Å². The summed E-state index contributed by atoms with van der Waals surface area (Å²) in [6.45, 7) is 7.65. The number of nitrogens with zero attached hydrogens (tertiary/aromatic N) is 1. The van der Waals surface area contributed by atoms with E-state index in [0.29, 0.717) is 0 Å². The van der Waals surface area contributed by atoms with Gasteiger partial charge >= 0.3 is 7.82 Å². The summed E-state index contributed by atoms with van der Waals surface area (Å²) in [6, 6.07) is 11.1. The second-order valence-electron chi connectivity index (χ2n) is 8.93. The van der Waals surface area contributed by atoms with E-state index in [0.717, 1.165) is 32.2 Å². The van der Waals surface area contributed by atoms with Crippen molar-refractivity contribution in [3.63, 3.8) is 0 Å². The average molecular weight is 489 g/mol. The molecule has 1 saturated heterocycles. The Morgan fingerprint density at radius 2 is 1.39 bits per heavy atom. The van der Waals surface area contributed by atoms with Gasteiger partial charge in [-0.1, -0.05) is 95.0 Å². The highest BCUT2D eigenvalue weighted by Crippen LogP contribution is 2.26. The molecule has 6 N–H and O–H groups in total.